The Morgan fingerprint density at radius 3 is 2.14 bits per heavy atom. The smallest absolute Gasteiger partial charge is 0.353 e. The Morgan fingerprint density at radius 2 is 1.57 bits per heavy atom. The molecule has 106 valence electrons. The third-order valence-electron chi connectivity index (χ3n) is 3.57. The Labute approximate surface area is 122 Å². The first-order chi connectivity index (χ1) is 10.1. The maximum absolute atomic E-state index is 11.1. The van der Waals surface area contributed by atoms with Crippen LogP contribution >= 0.6 is 0 Å². The fourth-order valence-corrected chi connectivity index (χ4v) is 2.54. The molecular weight excluding hydrogens is 264 g/mol. The van der Waals surface area contributed by atoms with Crippen molar-refractivity contribution in [3.8, 4) is 0 Å². The molecule has 2 aromatic carbocycles. The van der Waals surface area contributed by atoms with Crippen molar-refractivity contribution in [2.45, 2.75) is 12.1 Å². The van der Waals surface area contributed by atoms with Crippen molar-refractivity contribution in [2.75, 3.05) is 0 Å². The number of hydrazone groups is 1. The van der Waals surface area contributed by atoms with Gasteiger partial charge in [0.2, 0.25) is 5.72 Å². The quantitative estimate of drug-likeness (QED) is 0.565. The van der Waals surface area contributed by atoms with Gasteiger partial charge in [0, 0.05) is 5.56 Å². The lowest BCUT2D eigenvalue weighted by Crippen LogP contribution is -2.43. The molecule has 0 aliphatic carbocycles. The zero-order valence-electron chi connectivity index (χ0n) is 11.5. The van der Waals surface area contributed by atoms with Gasteiger partial charge in [-0.25, -0.2) is 0 Å². The molecule has 1 atom stereocenters. The van der Waals surface area contributed by atoms with Gasteiger partial charge in [-0.2, -0.15) is 0 Å². The number of nitrogens with zero attached hydrogens (tertiary/aromatic N) is 2. The van der Waals surface area contributed by atoms with Crippen LogP contribution in [0.3, 0.4) is 0 Å². The molecule has 21 heavy (non-hydrogen) atoms. The minimum atomic E-state index is -1.36. The molecule has 5 nitrogen and oxygen atoms in total. The summed E-state index contributed by atoms with van der Waals surface area (Å²) in [6.45, 7) is 0. The van der Waals surface area contributed by atoms with E-state index in [2.05, 4.69) is 5.10 Å². The zero-order chi connectivity index (χ0) is 14.9. The van der Waals surface area contributed by atoms with Crippen LogP contribution in [0.15, 0.2) is 65.8 Å². The van der Waals surface area contributed by atoms with Crippen molar-refractivity contribution >= 4 is 11.7 Å². The molecule has 3 rings (SSSR count). The average molecular weight is 281 g/mol. The van der Waals surface area contributed by atoms with Crippen molar-refractivity contribution in [1.82, 2.24) is 0 Å². The summed E-state index contributed by atoms with van der Waals surface area (Å²) >= 11 is 0. The van der Waals surface area contributed by atoms with Gasteiger partial charge in [0.25, 0.3) is 0 Å². The molecule has 0 spiro atoms. The van der Waals surface area contributed by atoms with E-state index in [1.54, 1.807) is 0 Å². The molecule has 0 radical (unpaired) electrons. The first-order valence-electron chi connectivity index (χ1n) is 6.70. The van der Waals surface area contributed by atoms with Crippen LogP contribution in [0.5, 0.6) is 0 Å². The number of benzene rings is 2. The summed E-state index contributed by atoms with van der Waals surface area (Å²) in [5, 5.41) is 15.5. The second-order valence-electron chi connectivity index (χ2n) is 5.01. The molecule has 0 amide bonds. The summed E-state index contributed by atoms with van der Waals surface area (Å²) in [7, 11) is 0. The molecule has 2 aromatic rings. The van der Waals surface area contributed by atoms with Crippen molar-refractivity contribution in [3.05, 3.63) is 71.8 Å². The normalized spacial score (nSPS) is 21.2. The lowest BCUT2D eigenvalue weighted by Gasteiger charge is -2.21. The van der Waals surface area contributed by atoms with E-state index in [4.69, 9.17) is 11.5 Å². The number of guanidine groups is 1. The number of hydrogen-bond donors (Lipinski definition) is 3. The lowest BCUT2D eigenvalue weighted by atomic mass is 9.95. The summed E-state index contributed by atoms with van der Waals surface area (Å²) in [5.74, 6) is -0.0349. The Balaban J connectivity index is 2.08. The van der Waals surface area contributed by atoms with Crippen molar-refractivity contribution in [1.29, 1.82) is 0 Å². The van der Waals surface area contributed by atoms with E-state index in [0.29, 0.717) is 12.0 Å². The van der Waals surface area contributed by atoms with Gasteiger partial charge in [-0.3, -0.25) is 11.5 Å². The highest BCUT2D eigenvalue weighted by molar-refractivity contribution is 6.01. The highest BCUT2D eigenvalue weighted by Gasteiger charge is 2.44. The molecule has 0 saturated carbocycles. The first kappa shape index (κ1) is 13.3. The van der Waals surface area contributed by atoms with E-state index in [1.165, 1.54) is 4.68 Å². The third kappa shape index (κ3) is 2.28. The Kier molecular flexibility index (Phi) is 3.19. The molecule has 5 heteroatoms. The van der Waals surface area contributed by atoms with Crippen molar-refractivity contribution in [2.24, 2.45) is 16.6 Å². The largest absolute Gasteiger partial charge is 0.368 e. The molecule has 5 N–H and O–H groups in total. The van der Waals surface area contributed by atoms with Crippen LogP contribution in [-0.4, -0.2) is 21.5 Å². The van der Waals surface area contributed by atoms with E-state index >= 15 is 0 Å². The van der Waals surface area contributed by atoms with Crippen molar-refractivity contribution in [3.63, 3.8) is 0 Å². The monoisotopic (exact) mass is 281 g/mol. The second-order valence-corrected chi connectivity index (χ2v) is 5.01. The predicted molar refractivity (Wildman–Crippen MR) is 81.6 cm³/mol. The van der Waals surface area contributed by atoms with E-state index in [0.717, 1.165) is 11.3 Å². The predicted octanol–water partition coefficient (Wildman–Crippen LogP) is 0.926. The molecule has 1 aliphatic heterocycles. The number of aliphatic hydroxyl groups is 1. The van der Waals surface area contributed by atoms with Gasteiger partial charge in [-0.05, 0) is 5.56 Å². The molecule has 1 unspecified atom stereocenters. The lowest BCUT2D eigenvalue weighted by molar-refractivity contribution is -0.665. The molecule has 0 saturated heterocycles. The minimum Gasteiger partial charge on any atom is -0.353 e. The summed E-state index contributed by atoms with van der Waals surface area (Å²) in [6, 6.07) is 19.0. The summed E-state index contributed by atoms with van der Waals surface area (Å²) in [4.78, 5) is 0. The van der Waals surface area contributed by atoms with Gasteiger partial charge in [0.1, 0.15) is 0 Å². The SMILES string of the molecule is NC(N)=[N+]1N=C(c2ccccc2)CC1(O)c1ccccc1. The van der Waals surface area contributed by atoms with Crippen LogP contribution in [0, 0.1) is 0 Å². The second kappa shape index (κ2) is 5.03. The van der Waals surface area contributed by atoms with Gasteiger partial charge in [0.15, 0.2) is 0 Å². The molecule has 0 aromatic heterocycles. The van der Waals surface area contributed by atoms with Gasteiger partial charge in [0.05, 0.1) is 12.1 Å². The Bertz CT molecular complexity index is 706. The maximum atomic E-state index is 11.1. The summed E-state index contributed by atoms with van der Waals surface area (Å²) < 4.78 is 1.28. The van der Waals surface area contributed by atoms with Crippen LogP contribution in [-0.2, 0) is 5.72 Å². The van der Waals surface area contributed by atoms with E-state index in [9.17, 15) is 5.11 Å². The number of rotatable bonds is 2. The highest BCUT2D eigenvalue weighted by Crippen LogP contribution is 2.33. The molecular formula is C16H17N4O+. The van der Waals surface area contributed by atoms with Gasteiger partial charge >= 0.3 is 5.96 Å². The van der Waals surface area contributed by atoms with Crippen LogP contribution in [0.25, 0.3) is 0 Å². The van der Waals surface area contributed by atoms with Crippen LogP contribution in [0.2, 0.25) is 0 Å². The van der Waals surface area contributed by atoms with Gasteiger partial charge < -0.3 is 5.11 Å². The van der Waals surface area contributed by atoms with E-state index in [1.807, 2.05) is 60.7 Å². The first-order valence-corrected chi connectivity index (χ1v) is 6.70. The van der Waals surface area contributed by atoms with Crippen LogP contribution in [0.1, 0.15) is 17.5 Å². The maximum Gasteiger partial charge on any atom is 0.368 e. The summed E-state index contributed by atoms with van der Waals surface area (Å²) in [5.41, 5.74) is 12.4. The number of nitrogens with two attached hydrogens (primary N) is 2. The molecule has 0 bridgehead atoms. The fraction of sp³-hybridized carbons (Fsp3) is 0.125. The van der Waals surface area contributed by atoms with Crippen LogP contribution < -0.4 is 11.5 Å². The third-order valence-corrected chi connectivity index (χ3v) is 3.57. The molecule has 1 heterocycles. The topological polar surface area (TPSA) is 87.6 Å². The summed E-state index contributed by atoms with van der Waals surface area (Å²) in [6.07, 6.45) is 0.318. The van der Waals surface area contributed by atoms with E-state index < -0.39 is 5.72 Å². The fourth-order valence-electron chi connectivity index (χ4n) is 2.54. The average Bonchev–Trinajstić information content (AvgIpc) is 2.89. The Hall–Kier alpha value is -2.66. The van der Waals surface area contributed by atoms with Crippen molar-refractivity contribution < 1.29 is 9.79 Å². The minimum absolute atomic E-state index is 0.0349. The Morgan fingerprint density at radius 1 is 1.00 bits per heavy atom. The van der Waals surface area contributed by atoms with Gasteiger partial charge in [-0.1, -0.05) is 60.7 Å². The number of hydrogen-bond acceptors (Lipinski definition) is 2. The standard InChI is InChI=1S/C16H16N4O/c17-15(18)20-16(21,13-9-5-2-6-10-13)11-14(19-20)12-7-3-1-4-8-12/h1-10,21H,11H2,(H3,17,18)/p+1. The zero-order valence-corrected chi connectivity index (χ0v) is 11.5. The molecule has 1 aliphatic rings. The van der Waals surface area contributed by atoms with Gasteiger partial charge in [-0.15, -0.1) is 9.79 Å². The highest BCUT2D eigenvalue weighted by atomic mass is 16.3. The molecule has 0 fully saturated rings. The van der Waals surface area contributed by atoms with Crippen LogP contribution in [0.4, 0.5) is 0 Å². The van der Waals surface area contributed by atoms with E-state index in [-0.39, 0.29) is 5.96 Å².